The van der Waals surface area contributed by atoms with Gasteiger partial charge in [-0.2, -0.15) is 0 Å². The zero-order valence-electron chi connectivity index (χ0n) is 37.2. The number of hydrogen-bond acceptors (Lipinski definition) is 2. The SMILES string of the molecule is C1=C(c2ccccc2)C=C(c2ccccc2)CC1n1c2ccccc2c2cc(-c3ccc4c(c3)c3ccccc3n4-c3ccc(-c4cc(-c5ccccc5)nc(-c5ccccc5)n4)cc3)ccc21. The van der Waals surface area contributed by atoms with Crippen LogP contribution in [-0.2, 0) is 0 Å². The maximum absolute atomic E-state index is 5.10. The van der Waals surface area contributed by atoms with Gasteiger partial charge in [-0.05, 0) is 94.4 Å². The van der Waals surface area contributed by atoms with Crippen molar-refractivity contribution >= 4 is 54.8 Å². The molecule has 0 fully saturated rings. The Morgan fingerprint density at radius 1 is 0.353 bits per heavy atom. The highest BCUT2D eigenvalue weighted by molar-refractivity contribution is 6.12. The van der Waals surface area contributed by atoms with Gasteiger partial charge in [0.05, 0.1) is 28.5 Å². The zero-order valence-corrected chi connectivity index (χ0v) is 37.2. The van der Waals surface area contributed by atoms with Gasteiger partial charge in [-0.25, -0.2) is 9.97 Å². The Bertz CT molecular complexity index is 3840. The number of nitrogens with zero attached hydrogens (tertiary/aromatic N) is 4. The maximum atomic E-state index is 5.10. The third kappa shape index (κ3) is 6.94. The molecule has 0 radical (unpaired) electrons. The third-order valence-corrected chi connectivity index (χ3v) is 13.7. The van der Waals surface area contributed by atoms with E-state index in [9.17, 15) is 0 Å². The topological polar surface area (TPSA) is 35.6 Å². The van der Waals surface area contributed by atoms with Crippen molar-refractivity contribution in [3.63, 3.8) is 0 Å². The van der Waals surface area contributed by atoms with E-state index in [4.69, 9.17) is 9.97 Å². The summed E-state index contributed by atoms with van der Waals surface area (Å²) >= 11 is 0. The summed E-state index contributed by atoms with van der Waals surface area (Å²) in [6.45, 7) is 0. The fourth-order valence-corrected chi connectivity index (χ4v) is 10.4. The lowest BCUT2D eigenvalue weighted by Gasteiger charge is -2.26. The molecule has 0 spiro atoms. The average molecular weight is 869 g/mol. The van der Waals surface area contributed by atoms with Crippen molar-refractivity contribution in [2.24, 2.45) is 0 Å². The second kappa shape index (κ2) is 16.5. The highest BCUT2D eigenvalue weighted by Gasteiger charge is 2.24. The van der Waals surface area contributed by atoms with E-state index in [-0.39, 0.29) is 6.04 Å². The predicted octanol–water partition coefficient (Wildman–Crippen LogP) is 16.5. The number of benzene rings is 9. The summed E-state index contributed by atoms with van der Waals surface area (Å²) in [6.07, 6.45) is 5.76. The quantitative estimate of drug-likeness (QED) is 0.153. The Hall–Kier alpha value is -8.86. The fraction of sp³-hybridized carbons (Fsp3) is 0.0312. The highest BCUT2D eigenvalue weighted by Crippen LogP contribution is 2.43. The molecule has 0 saturated heterocycles. The molecular weight excluding hydrogens is 825 g/mol. The molecule has 12 aromatic rings. The standard InChI is InChI=1S/C64H44N4/c1-5-17-43(18-6-1)50-37-51(44-19-7-2-8-20-44)39-53(38-50)68-61-28-16-14-26-55(61)57-41-49(32-36-63(57)68)48-31-35-62-56(40-48)54-25-13-15-27-60(54)67(62)52-33-29-46(30-34-52)59-42-58(45-21-9-3-10-22-45)65-64(66-59)47-23-11-4-12-24-47/h1-38,40-42,53H,39H2. The smallest absolute Gasteiger partial charge is 0.160 e. The van der Waals surface area contributed by atoms with Crippen molar-refractivity contribution in [3.8, 4) is 50.7 Å². The predicted molar refractivity (Wildman–Crippen MR) is 284 cm³/mol. The van der Waals surface area contributed by atoms with Crippen LogP contribution in [0.25, 0.3) is 105 Å². The summed E-state index contributed by atoms with van der Waals surface area (Å²) in [5, 5.41) is 4.98. The molecule has 4 heteroatoms. The molecule has 320 valence electrons. The van der Waals surface area contributed by atoms with Crippen LogP contribution in [0.1, 0.15) is 23.6 Å². The highest BCUT2D eigenvalue weighted by atomic mass is 15.0. The molecular formula is C64H44N4. The Morgan fingerprint density at radius 2 is 0.809 bits per heavy atom. The Balaban J connectivity index is 0.886. The number of fused-ring (bicyclic) bond motifs is 6. The fourth-order valence-electron chi connectivity index (χ4n) is 10.4. The van der Waals surface area contributed by atoms with Gasteiger partial charge in [0.15, 0.2) is 5.82 Å². The lowest BCUT2D eigenvalue weighted by atomic mass is 9.88. The van der Waals surface area contributed by atoms with Crippen LogP contribution in [0.4, 0.5) is 0 Å². The number of aromatic nitrogens is 4. The summed E-state index contributed by atoms with van der Waals surface area (Å²) in [5.41, 5.74) is 18.3. The van der Waals surface area contributed by atoms with Gasteiger partial charge < -0.3 is 9.13 Å². The van der Waals surface area contributed by atoms with Gasteiger partial charge in [-0.15, -0.1) is 0 Å². The molecule has 68 heavy (non-hydrogen) atoms. The second-order valence-corrected chi connectivity index (χ2v) is 17.7. The van der Waals surface area contributed by atoms with Gasteiger partial charge in [0.2, 0.25) is 0 Å². The monoisotopic (exact) mass is 868 g/mol. The van der Waals surface area contributed by atoms with E-state index in [1.165, 1.54) is 77.0 Å². The Labute approximate surface area is 395 Å². The number of para-hydroxylation sites is 2. The van der Waals surface area contributed by atoms with Crippen molar-refractivity contribution in [3.05, 3.63) is 260 Å². The van der Waals surface area contributed by atoms with Crippen LogP contribution in [0, 0.1) is 0 Å². The van der Waals surface area contributed by atoms with Gasteiger partial charge in [0.1, 0.15) is 0 Å². The van der Waals surface area contributed by atoms with E-state index in [2.05, 4.69) is 234 Å². The van der Waals surface area contributed by atoms with Crippen LogP contribution in [0.5, 0.6) is 0 Å². The molecule has 1 atom stereocenters. The molecule has 1 aliphatic rings. The van der Waals surface area contributed by atoms with Gasteiger partial charge in [0, 0.05) is 55.0 Å². The van der Waals surface area contributed by atoms with Crippen molar-refractivity contribution in [2.75, 3.05) is 0 Å². The summed E-state index contributed by atoms with van der Waals surface area (Å²) in [4.78, 5) is 10.1. The minimum absolute atomic E-state index is 0.134. The molecule has 0 N–H and O–H groups in total. The molecule has 0 aliphatic heterocycles. The average Bonchev–Trinajstić information content (AvgIpc) is 3.94. The maximum Gasteiger partial charge on any atom is 0.160 e. The van der Waals surface area contributed by atoms with Crippen LogP contribution in [0.2, 0.25) is 0 Å². The van der Waals surface area contributed by atoms with Crippen LogP contribution >= 0.6 is 0 Å². The normalized spacial score (nSPS) is 13.9. The van der Waals surface area contributed by atoms with Crippen LogP contribution < -0.4 is 0 Å². The molecule has 13 rings (SSSR count). The van der Waals surface area contributed by atoms with Crippen LogP contribution in [-0.4, -0.2) is 19.1 Å². The van der Waals surface area contributed by atoms with Gasteiger partial charge in [-0.1, -0.05) is 194 Å². The molecule has 4 nitrogen and oxygen atoms in total. The van der Waals surface area contributed by atoms with Gasteiger partial charge in [-0.3, -0.25) is 0 Å². The van der Waals surface area contributed by atoms with Crippen molar-refractivity contribution < 1.29 is 0 Å². The largest absolute Gasteiger partial charge is 0.333 e. The van der Waals surface area contributed by atoms with E-state index in [1.54, 1.807) is 0 Å². The molecule has 3 heterocycles. The molecule has 0 amide bonds. The summed E-state index contributed by atoms with van der Waals surface area (Å²) < 4.78 is 4.96. The third-order valence-electron chi connectivity index (χ3n) is 13.7. The first-order valence-electron chi connectivity index (χ1n) is 23.4. The van der Waals surface area contributed by atoms with Crippen molar-refractivity contribution in [1.29, 1.82) is 0 Å². The molecule has 3 aromatic heterocycles. The Morgan fingerprint density at radius 3 is 1.46 bits per heavy atom. The summed E-state index contributed by atoms with van der Waals surface area (Å²) in [7, 11) is 0. The number of allylic oxidation sites excluding steroid dienone is 4. The first-order valence-corrected chi connectivity index (χ1v) is 23.4. The lowest BCUT2D eigenvalue weighted by Crippen LogP contribution is -2.11. The summed E-state index contributed by atoms with van der Waals surface area (Å²) in [6, 6.07) is 85.0. The minimum atomic E-state index is 0.134. The second-order valence-electron chi connectivity index (χ2n) is 17.7. The van der Waals surface area contributed by atoms with Gasteiger partial charge in [0.25, 0.3) is 0 Å². The number of hydrogen-bond donors (Lipinski definition) is 0. The van der Waals surface area contributed by atoms with Gasteiger partial charge >= 0.3 is 0 Å². The van der Waals surface area contributed by atoms with E-state index in [0.29, 0.717) is 5.82 Å². The Kier molecular flexibility index (Phi) is 9.61. The number of rotatable bonds is 8. The van der Waals surface area contributed by atoms with Crippen molar-refractivity contribution in [2.45, 2.75) is 12.5 Å². The lowest BCUT2D eigenvalue weighted by molar-refractivity contribution is 0.658. The van der Waals surface area contributed by atoms with E-state index < -0.39 is 0 Å². The van der Waals surface area contributed by atoms with E-state index in [1.807, 2.05) is 24.3 Å². The zero-order chi connectivity index (χ0) is 45.0. The van der Waals surface area contributed by atoms with Crippen molar-refractivity contribution in [1.82, 2.24) is 19.1 Å². The van der Waals surface area contributed by atoms with Crippen LogP contribution in [0.15, 0.2) is 249 Å². The van der Waals surface area contributed by atoms with E-state index in [0.717, 1.165) is 40.2 Å². The first kappa shape index (κ1) is 39.5. The first-order chi connectivity index (χ1) is 33.7. The van der Waals surface area contributed by atoms with E-state index >= 15 is 0 Å². The minimum Gasteiger partial charge on any atom is -0.333 e. The molecule has 0 bridgehead atoms. The molecule has 9 aromatic carbocycles. The molecule has 0 saturated carbocycles. The molecule has 1 unspecified atom stereocenters. The van der Waals surface area contributed by atoms with Crippen LogP contribution in [0.3, 0.4) is 0 Å². The molecule has 1 aliphatic carbocycles. The summed E-state index contributed by atoms with van der Waals surface area (Å²) in [5.74, 6) is 0.711.